The smallest absolute Gasteiger partial charge is 0.337 e. The maximum Gasteiger partial charge on any atom is 0.337 e. The molecule has 0 aliphatic rings. The number of nitrogens with zero attached hydrogens (tertiary/aromatic N) is 2. The molecule has 176 valence electrons. The number of thiazole rings is 1. The summed E-state index contributed by atoms with van der Waals surface area (Å²) in [6.07, 6.45) is 0. The van der Waals surface area contributed by atoms with E-state index in [9.17, 15) is 9.90 Å². The van der Waals surface area contributed by atoms with Crippen molar-refractivity contribution in [1.29, 1.82) is 0 Å². The van der Waals surface area contributed by atoms with Gasteiger partial charge in [-0.25, -0.2) is 14.8 Å². The van der Waals surface area contributed by atoms with Crippen molar-refractivity contribution in [2.45, 2.75) is 13.5 Å². The van der Waals surface area contributed by atoms with Crippen LogP contribution >= 0.6 is 11.3 Å². The Balaban J connectivity index is 1.66. The molecule has 8 heteroatoms. The molecule has 3 N–H and O–H groups in total. The summed E-state index contributed by atoms with van der Waals surface area (Å²) in [6, 6.07) is 19.1. The second-order valence-corrected chi connectivity index (χ2v) is 8.93. The van der Waals surface area contributed by atoms with Crippen molar-refractivity contribution in [2.75, 3.05) is 13.7 Å². The number of aromatic amines is 1. The topological polar surface area (TPSA) is 99.6 Å². The van der Waals surface area contributed by atoms with Crippen LogP contribution in [0.15, 0.2) is 71.2 Å². The Bertz CT molecular complexity index is 1550. The fourth-order valence-electron chi connectivity index (χ4n) is 4.02. The second kappa shape index (κ2) is 9.69. The largest absolute Gasteiger partial charge is 0.494 e. The standard InChI is InChI=1S/C27H24N4O3S/c1-3-28-14-16-4-8-19(9-5-16)30-25(17-7-11-21-23(13-17)35-15-29-21)24-20-10-6-18(27(33)34-2)12-22(20)31-26(24)32/h4-13,15,28,31-32H,3,14H2,1-2H3. The monoisotopic (exact) mass is 484 g/mol. The van der Waals surface area contributed by atoms with Crippen LogP contribution in [0.5, 0.6) is 5.88 Å². The number of hydrogen-bond donors (Lipinski definition) is 3. The maximum absolute atomic E-state index is 12.0. The zero-order chi connectivity index (χ0) is 24.4. The predicted octanol–water partition coefficient (Wildman–Crippen LogP) is 5.55. The first-order valence-electron chi connectivity index (χ1n) is 11.2. The Kier molecular flexibility index (Phi) is 6.31. The molecular formula is C27H24N4O3S. The lowest BCUT2D eigenvalue weighted by molar-refractivity contribution is 0.0601. The third kappa shape index (κ3) is 4.53. The van der Waals surface area contributed by atoms with Crippen LogP contribution in [-0.4, -0.2) is 40.4 Å². The van der Waals surface area contributed by atoms with Gasteiger partial charge in [-0.05, 0) is 48.5 Å². The first kappa shape index (κ1) is 22.8. The third-order valence-corrected chi connectivity index (χ3v) is 6.59. The number of H-pyrrole nitrogens is 1. The van der Waals surface area contributed by atoms with E-state index in [4.69, 9.17) is 9.73 Å². The fourth-order valence-corrected chi connectivity index (χ4v) is 4.74. The van der Waals surface area contributed by atoms with Crippen LogP contribution in [0.3, 0.4) is 0 Å². The van der Waals surface area contributed by atoms with Crippen molar-refractivity contribution in [3.05, 3.63) is 88.4 Å². The summed E-state index contributed by atoms with van der Waals surface area (Å²) < 4.78 is 5.87. The second-order valence-electron chi connectivity index (χ2n) is 8.04. The van der Waals surface area contributed by atoms with Crippen LogP contribution < -0.4 is 5.32 Å². The van der Waals surface area contributed by atoms with E-state index in [0.29, 0.717) is 22.4 Å². The number of carbonyl (C=O) groups is 1. The summed E-state index contributed by atoms with van der Waals surface area (Å²) in [5.41, 5.74) is 7.72. The van der Waals surface area contributed by atoms with Crippen molar-refractivity contribution >= 4 is 49.8 Å². The number of hydrogen-bond acceptors (Lipinski definition) is 7. The number of esters is 1. The first-order valence-corrected chi connectivity index (χ1v) is 12.1. The Morgan fingerprint density at radius 3 is 2.69 bits per heavy atom. The van der Waals surface area contributed by atoms with Gasteiger partial charge in [0.25, 0.3) is 0 Å². The van der Waals surface area contributed by atoms with Gasteiger partial charge in [-0.15, -0.1) is 11.3 Å². The molecule has 7 nitrogen and oxygen atoms in total. The average molecular weight is 485 g/mol. The molecule has 0 fully saturated rings. The number of rotatable bonds is 7. The minimum absolute atomic E-state index is 0.0195. The van der Waals surface area contributed by atoms with E-state index in [1.807, 2.05) is 48.0 Å². The molecule has 0 unspecified atom stereocenters. The molecule has 5 rings (SSSR count). The van der Waals surface area contributed by atoms with Gasteiger partial charge in [0.05, 0.1) is 45.4 Å². The maximum atomic E-state index is 12.0. The van der Waals surface area contributed by atoms with Crippen LogP contribution in [-0.2, 0) is 11.3 Å². The number of aliphatic imine (C=N–C) groups is 1. The molecule has 0 bridgehead atoms. The lowest BCUT2D eigenvalue weighted by Gasteiger charge is -2.09. The van der Waals surface area contributed by atoms with Crippen molar-refractivity contribution in [3.8, 4) is 5.88 Å². The van der Waals surface area contributed by atoms with Gasteiger partial charge in [-0.3, -0.25) is 0 Å². The highest BCUT2D eigenvalue weighted by atomic mass is 32.1. The third-order valence-electron chi connectivity index (χ3n) is 5.80. The summed E-state index contributed by atoms with van der Waals surface area (Å²) in [4.78, 5) is 24.4. The zero-order valence-corrected chi connectivity index (χ0v) is 20.1. The molecule has 5 aromatic rings. The summed E-state index contributed by atoms with van der Waals surface area (Å²) in [6.45, 7) is 3.77. The zero-order valence-electron chi connectivity index (χ0n) is 19.3. The molecule has 0 aliphatic heterocycles. The van der Waals surface area contributed by atoms with Gasteiger partial charge in [-0.1, -0.05) is 31.2 Å². The van der Waals surface area contributed by atoms with E-state index in [2.05, 4.69) is 22.2 Å². The molecule has 3 aromatic carbocycles. The van der Waals surface area contributed by atoms with E-state index in [0.717, 1.165) is 39.9 Å². The van der Waals surface area contributed by atoms with Crippen molar-refractivity contribution in [1.82, 2.24) is 15.3 Å². The average Bonchev–Trinajstić information content (AvgIpc) is 3.48. The molecule has 2 aromatic heterocycles. The van der Waals surface area contributed by atoms with Crippen LogP contribution in [0.4, 0.5) is 5.69 Å². The SMILES string of the molecule is CCNCc1ccc(N=C(c2ccc3ncsc3c2)c2c(O)[nH]c3cc(C(=O)OC)ccc23)cc1. The molecule has 0 amide bonds. The van der Waals surface area contributed by atoms with Gasteiger partial charge in [0.1, 0.15) is 0 Å². The van der Waals surface area contributed by atoms with Gasteiger partial charge in [-0.2, -0.15) is 0 Å². The van der Waals surface area contributed by atoms with E-state index in [1.165, 1.54) is 12.7 Å². The number of aromatic nitrogens is 2. The Morgan fingerprint density at radius 2 is 1.91 bits per heavy atom. The lowest BCUT2D eigenvalue weighted by atomic mass is 10.00. The van der Waals surface area contributed by atoms with E-state index >= 15 is 0 Å². The highest BCUT2D eigenvalue weighted by Gasteiger charge is 2.20. The molecule has 0 spiro atoms. The van der Waals surface area contributed by atoms with Gasteiger partial charge in [0, 0.05) is 23.0 Å². The van der Waals surface area contributed by atoms with Gasteiger partial charge in [0.15, 0.2) is 5.88 Å². The van der Waals surface area contributed by atoms with E-state index < -0.39 is 5.97 Å². The molecule has 0 atom stereocenters. The summed E-state index contributed by atoms with van der Waals surface area (Å²) in [7, 11) is 1.34. The molecule has 35 heavy (non-hydrogen) atoms. The lowest BCUT2D eigenvalue weighted by Crippen LogP contribution is -2.11. The van der Waals surface area contributed by atoms with Crippen LogP contribution in [0.2, 0.25) is 0 Å². The first-order chi connectivity index (χ1) is 17.1. The van der Waals surface area contributed by atoms with Crippen molar-refractivity contribution in [2.24, 2.45) is 4.99 Å². The van der Waals surface area contributed by atoms with Crippen LogP contribution in [0.25, 0.3) is 21.1 Å². The highest BCUT2D eigenvalue weighted by Crippen LogP contribution is 2.33. The minimum atomic E-state index is -0.440. The molecule has 0 radical (unpaired) electrons. The quantitative estimate of drug-likeness (QED) is 0.208. The number of carbonyl (C=O) groups excluding carboxylic acids is 1. The number of benzene rings is 3. The normalized spacial score (nSPS) is 11.9. The predicted molar refractivity (Wildman–Crippen MR) is 140 cm³/mol. The number of methoxy groups -OCH3 is 1. The summed E-state index contributed by atoms with van der Waals surface area (Å²) in [5, 5.41) is 15.0. The summed E-state index contributed by atoms with van der Waals surface area (Å²) >= 11 is 1.55. The van der Waals surface area contributed by atoms with E-state index in [1.54, 1.807) is 29.5 Å². The molecule has 0 saturated carbocycles. The van der Waals surface area contributed by atoms with Gasteiger partial charge < -0.3 is 20.1 Å². The van der Waals surface area contributed by atoms with Crippen LogP contribution in [0.1, 0.15) is 34.0 Å². The van der Waals surface area contributed by atoms with Gasteiger partial charge >= 0.3 is 5.97 Å². The summed E-state index contributed by atoms with van der Waals surface area (Å²) in [5.74, 6) is -0.460. The van der Waals surface area contributed by atoms with Crippen molar-refractivity contribution < 1.29 is 14.6 Å². The van der Waals surface area contributed by atoms with E-state index in [-0.39, 0.29) is 5.88 Å². The van der Waals surface area contributed by atoms with Crippen LogP contribution in [0, 0.1) is 0 Å². The Labute approximate surface area is 206 Å². The molecular weight excluding hydrogens is 460 g/mol. The Morgan fingerprint density at radius 1 is 1.11 bits per heavy atom. The fraction of sp³-hybridized carbons (Fsp3) is 0.148. The number of ether oxygens (including phenoxy) is 1. The molecule has 2 heterocycles. The highest BCUT2D eigenvalue weighted by molar-refractivity contribution is 7.16. The number of fused-ring (bicyclic) bond motifs is 2. The molecule has 0 saturated heterocycles. The molecule has 0 aliphatic carbocycles. The van der Waals surface area contributed by atoms with Gasteiger partial charge in [0.2, 0.25) is 0 Å². The Hall–Kier alpha value is -4.01. The number of aromatic hydroxyl groups is 1. The number of nitrogens with one attached hydrogen (secondary N) is 2. The minimum Gasteiger partial charge on any atom is -0.494 e. The van der Waals surface area contributed by atoms with Crippen molar-refractivity contribution in [3.63, 3.8) is 0 Å².